The number of fused-ring (bicyclic) bond motifs is 1. The van der Waals surface area contributed by atoms with E-state index in [0.717, 1.165) is 0 Å². The summed E-state index contributed by atoms with van der Waals surface area (Å²) in [5.41, 5.74) is 15.4. The van der Waals surface area contributed by atoms with Crippen molar-refractivity contribution in [3.05, 3.63) is 34.7 Å². The Hall–Kier alpha value is -2.68. The van der Waals surface area contributed by atoms with Gasteiger partial charge in [0, 0.05) is 11.5 Å². The minimum atomic E-state index is -1.10. The summed E-state index contributed by atoms with van der Waals surface area (Å²) in [6.07, 6.45) is 2.24. The molecule has 1 aliphatic rings. The van der Waals surface area contributed by atoms with Gasteiger partial charge < -0.3 is 20.5 Å². The lowest BCUT2D eigenvalue weighted by atomic mass is 10.1. The van der Waals surface area contributed by atoms with Crippen molar-refractivity contribution in [2.24, 2.45) is 5.11 Å². The zero-order valence-electron chi connectivity index (χ0n) is 10.8. The van der Waals surface area contributed by atoms with Crippen molar-refractivity contribution in [1.29, 1.82) is 0 Å². The second-order valence-corrected chi connectivity index (χ2v) is 4.64. The number of anilines is 1. The monoisotopic (exact) mass is 288 g/mol. The van der Waals surface area contributed by atoms with Crippen LogP contribution < -0.4 is 5.73 Å². The third kappa shape index (κ3) is 2.07. The summed E-state index contributed by atoms with van der Waals surface area (Å²) in [7, 11) is 0. The molecule has 21 heavy (non-hydrogen) atoms. The molecule has 3 rings (SSSR count). The first kappa shape index (κ1) is 13.3. The molecule has 0 unspecified atom stereocenters. The summed E-state index contributed by atoms with van der Waals surface area (Å²) in [6, 6.07) is -0.566. The van der Waals surface area contributed by atoms with E-state index in [1.54, 1.807) is 10.6 Å². The van der Waals surface area contributed by atoms with Crippen LogP contribution in [0.15, 0.2) is 29.4 Å². The number of imidazole rings is 1. The van der Waals surface area contributed by atoms with Gasteiger partial charge in [0.2, 0.25) is 0 Å². The molecule has 2 heterocycles. The molecule has 0 bridgehead atoms. The smallest absolute Gasteiger partial charge is 0.166 e. The van der Waals surface area contributed by atoms with Gasteiger partial charge in [-0.1, -0.05) is 11.2 Å². The van der Waals surface area contributed by atoms with Crippen LogP contribution in [0.4, 0.5) is 5.82 Å². The number of hydrogen-bond donors (Lipinski definition) is 3. The van der Waals surface area contributed by atoms with E-state index in [1.165, 1.54) is 12.7 Å². The largest absolute Gasteiger partial charge is 0.388 e. The van der Waals surface area contributed by atoms with Gasteiger partial charge in [0.15, 0.2) is 11.5 Å². The van der Waals surface area contributed by atoms with Gasteiger partial charge in [0.25, 0.3) is 0 Å². The minimum absolute atomic E-state index is 0.00498. The number of rotatable bonds is 3. The Bertz CT molecular complexity index is 763. The molecular weight excluding hydrogens is 276 g/mol. The van der Waals surface area contributed by atoms with E-state index in [4.69, 9.17) is 11.3 Å². The zero-order chi connectivity index (χ0) is 15.0. The molecule has 0 aromatic carbocycles. The quantitative estimate of drug-likeness (QED) is 0.310. The van der Waals surface area contributed by atoms with Gasteiger partial charge in [-0.2, -0.15) is 0 Å². The number of aliphatic hydroxyl groups excluding tert-OH is 2. The molecule has 0 saturated carbocycles. The predicted octanol–water partition coefficient (Wildman–Crippen LogP) is -0.0783. The normalized spacial score (nSPS) is 24.9. The van der Waals surface area contributed by atoms with Gasteiger partial charge in [-0.3, -0.25) is 0 Å². The van der Waals surface area contributed by atoms with Crippen molar-refractivity contribution in [3.8, 4) is 0 Å². The number of hydrogen-bond acceptors (Lipinski definition) is 7. The fourth-order valence-corrected chi connectivity index (χ4v) is 2.42. The molecule has 2 aromatic rings. The molecule has 0 aliphatic heterocycles. The first-order valence-electron chi connectivity index (χ1n) is 6.14. The highest BCUT2D eigenvalue weighted by molar-refractivity contribution is 5.81. The average molecular weight is 288 g/mol. The van der Waals surface area contributed by atoms with Crippen LogP contribution in [0, 0.1) is 0 Å². The van der Waals surface area contributed by atoms with E-state index in [9.17, 15) is 10.2 Å². The summed E-state index contributed by atoms with van der Waals surface area (Å²) in [6.45, 7) is -0.00498. The van der Waals surface area contributed by atoms with Crippen LogP contribution in [0.2, 0.25) is 0 Å². The van der Waals surface area contributed by atoms with E-state index in [1.807, 2.05) is 0 Å². The summed E-state index contributed by atoms with van der Waals surface area (Å²) in [5.74, 6) is 0.241. The lowest BCUT2D eigenvalue weighted by molar-refractivity contribution is 0.0324. The van der Waals surface area contributed by atoms with Crippen LogP contribution in [0.5, 0.6) is 0 Å². The van der Waals surface area contributed by atoms with E-state index >= 15 is 0 Å². The minimum Gasteiger partial charge on any atom is -0.388 e. The first-order chi connectivity index (χ1) is 10.1. The molecule has 1 aliphatic carbocycles. The van der Waals surface area contributed by atoms with Crippen molar-refractivity contribution >= 4 is 17.0 Å². The molecule has 0 spiro atoms. The molecule has 0 amide bonds. The third-order valence-electron chi connectivity index (χ3n) is 3.46. The Labute approximate surface area is 118 Å². The zero-order valence-corrected chi connectivity index (χ0v) is 10.8. The van der Waals surface area contributed by atoms with Gasteiger partial charge in [-0.15, -0.1) is 0 Å². The topological polar surface area (TPSA) is 159 Å². The van der Waals surface area contributed by atoms with Crippen LogP contribution in [-0.2, 0) is 0 Å². The number of nitrogen functional groups attached to an aromatic ring is 1. The van der Waals surface area contributed by atoms with Crippen LogP contribution in [0.3, 0.4) is 0 Å². The third-order valence-corrected chi connectivity index (χ3v) is 3.46. The highest BCUT2D eigenvalue weighted by Gasteiger charge is 2.36. The van der Waals surface area contributed by atoms with Crippen molar-refractivity contribution in [2.75, 3.05) is 12.3 Å². The lowest BCUT2D eigenvalue weighted by Gasteiger charge is -2.18. The van der Waals surface area contributed by atoms with Crippen LogP contribution in [0.25, 0.3) is 21.6 Å². The highest BCUT2D eigenvalue weighted by Crippen LogP contribution is 2.32. The molecule has 2 aromatic heterocycles. The van der Waals surface area contributed by atoms with E-state index in [0.29, 0.717) is 16.7 Å². The Kier molecular flexibility index (Phi) is 3.18. The second-order valence-electron chi connectivity index (χ2n) is 4.64. The Morgan fingerprint density at radius 3 is 2.95 bits per heavy atom. The Balaban J connectivity index is 2.04. The number of azide groups is 1. The second kappa shape index (κ2) is 5.02. The summed E-state index contributed by atoms with van der Waals surface area (Å²) < 4.78 is 1.60. The molecule has 0 saturated heterocycles. The number of aliphatic hydroxyl groups is 2. The lowest BCUT2D eigenvalue weighted by Crippen LogP contribution is -2.29. The summed E-state index contributed by atoms with van der Waals surface area (Å²) >= 11 is 0. The fourth-order valence-electron chi connectivity index (χ4n) is 2.42. The maximum Gasteiger partial charge on any atom is 0.166 e. The molecule has 3 atom stereocenters. The maximum absolute atomic E-state index is 10.2. The molecule has 4 N–H and O–H groups in total. The van der Waals surface area contributed by atoms with Crippen molar-refractivity contribution in [3.63, 3.8) is 0 Å². The fraction of sp³-hybridized carbons (Fsp3) is 0.364. The molecule has 0 radical (unpaired) electrons. The maximum atomic E-state index is 10.2. The molecular formula is C11H12N8O2. The Morgan fingerprint density at radius 1 is 1.38 bits per heavy atom. The van der Waals surface area contributed by atoms with Crippen molar-refractivity contribution in [1.82, 2.24) is 19.5 Å². The highest BCUT2D eigenvalue weighted by atomic mass is 16.3. The van der Waals surface area contributed by atoms with Gasteiger partial charge >= 0.3 is 0 Å². The van der Waals surface area contributed by atoms with Crippen LogP contribution >= 0.6 is 0 Å². The standard InChI is InChI=1S/C11H12N8O2/c12-10-7-11(15-3-14-10)19(4-16-7)6-1-5(2-17-18-13)8(20)9(6)21/h1,3-4,6,8-9,20-21H,2H2,(H2,12,14,15)/t6-,8+,9+/m1/s1. The van der Waals surface area contributed by atoms with E-state index in [2.05, 4.69) is 25.0 Å². The molecule has 0 fully saturated rings. The van der Waals surface area contributed by atoms with Crippen LogP contribution in [0.1, 0.15) is 6.04 Å². The van der Waals surface area contributed by atoms with Gasteiger partial charge in [0.1, 0.15) is 24.1 Å². The van der Waals surface area contributed by atoms with Crippen molar-refractivity contribution < 1.29 is 10.2 Å². The molecule has 10 nitrogen and oxygen atoms in total. The number of nitrogens with zero attached hydrogens (tertiary/aromatic N) is 7. The SMILES string of the molecule is [N-]=[N+]=NCC1=C[C@@H](n2cnc3c(N)ncnc32)[C@H](O)[C@H]1O. The summed E-state index contributed by atoms with van der Waals surface area (Å²) in [4.78, 5) is 14.7. The van der Waals surface area contributed by atoms with Gasteiger partial charge in [0.05, 0.1) is 12.4 Å². The summed E-state index contributed by atoms with van der Waals surface area (Å²) in [5, 5.41) is 23.6. The van der Waals surface area contributed by atoms with E-state index in [-0.39, 0.29) is 12.4 Å². The van der Waals surface area contributed by atoms with Gasteiger partial charge in [-0.25, -0.2) is 15.0 Å². The first-order valence-corrected chi connectivity index (χ1v) is 6.14. The number of nitrogens with two attached hydrogens (primary N) is 1. The average Bonchev–Trinajstić information content (AvgIpc) is 3.02. The van der Waals surface area contributed by atoms with Crippen molar-refractivity contribution in [2.45, 2.75) is 18.2 Å². The predicted molar refractivity (Wildman–Crippen MR) is 72.9 cm³/mol. The van der Waals surface area contributed by atoms with E-state index < -0.39 is 18.2 Å². The number of aromatic nitrogens is 4. The molecule has 108 valence electrons. The van der Waals surface area contributed by atoms with Crippen LogP contribution in [-0.4, -0.2) is 48.5 Å². The van der Waals surface area contributed by atoms with Gasteiger partial charge in [-0.05, 0) is 11.1 Å². The Morgan fingerprint density at radius 2 is 2.19 bits per heavy atom. The molecule has 10 heteroatoms.